The molecule has 1 aliphatic carbocycles. The van der Waals surface area contributed by atoms with E-state index in [0.717, 1.165) is 12.8 Å². The van der Waals surface area contributed by atoms with Gasteiger partial charge >= 0.3 is 0 Å². The van der Waals surface area contributed by atoms with Crippen molar-refractivity contribution >= 4 is 17.3 Å². The number of nitrogens with one attached hydrogen (secondary N) is 2. The normalized spacial score (nSPS) is 14.1. The quantitative estimate of drug-likeness (QED) is 0.421. The number of methoxy groups -OCH3 is 2. The molecule has 8 heteroatoms. The minimum Gasteiger partial charge on any atom is -0.481 e. The highest BCUT2D eigenvalue weighted by molar-refractivity contribution is 6.02. The minimum atomic E-state index is -0.305. The predicted octanol–water partition coefficient (Wildman–Crippen LogP) is 1.47. The number of aromatic nitrogens is 1. The summed E-state index contributed by atoms with van der Waals surface area (Å²) >= 11 is 0. The second-order valence-electron chi connectivity index (χ2n) is 6.46. The largest absolute Gasteiger partial charge is 0.481 e. The van der Waals surface area contributed by atoms with Gasteiger partial charge in [0.1, 0.15) is 5.70 Å². The smallest absolute Gasteiger partial charge is 0.269 e. The molecule has 0 unspecified atom stereocenters. The van der Waals surface area contributed by atoms with E-state index < -0.39 is 0 Å². The summed E-state index contributed by atoms with van der Waals surface area (Å²) in [6.07, 6.45) is 1.96. The summed E-state index contributed by atoms with van der Waals surface area (Å²) in [5, 5.41) is 5.89. The fraction of sp³-hybridized carbons (Fsp3) is 0.300. The maximum atomic E-state index is 12.4. The average Bonchev–Trinajstić information content (AvgIpc) is 3.53. The van der Waals surface area contributed by atoms with Crippen LogP contribution in [0.1, 0.15) is 18.4 Å². The molecule has 3 rings (SSSR count). The lowest BCUT2D eigenvalue weighted by Gasteiger charge is -2.17. The van der Waals surface area contributed by atoms with Gasteiger partial charge in [-0.15, -0.1) is 0 Å². The third-order valence-corrected chi connectivity index (χ3v) is 4.58. The molecule has 148 valence electrons. The second-order valence-corrected chi connectivity index (χ2v) is 6.46. The maximum absolute atomic E-state index is 12.4. The molecule has 1 aromatic carbocycles. The van der Waals surface area contributed by atoms with E-state index in [1.54, 1.807) is 13.1 Å². The third-order valence-electron chi connectivity index (χ3n) is 4.58. The summed E-state index contributed by atoms with van der Waals surface area (Å²) in [7, 11) is 4.77. The van der Waals surface area contributed by atoms with Gasteiger partial charge in [-0.1, -0.05) is 18.2 Å². The molecule has 0 radical (unpaired) electrons. The van der Waals surface area contributed by atoms with Crippen molar-refractivity contribution in [3.8, 4) is 22.9 Å². The lowest BCUT2D eigenvalue weighted by atomic mass is 9.98. The number of hydrogen-bond acceptors (Lipinski definition) is 7. The fourth-order valence-corrected chi connectivity index (χ4v) is 2.93. The van der Waals surface area contributed by atoms with E-state index >= 15 is 0 Å². The molecule has 1 amide bonds. The van der Waals surface area contributed by atoms with Gasteiger partial charge in [0, 0.05) is 41.5 Å². The number of ether oxygens (including phenoxy) is 2. The highest BCUT2D eigenvalue weighted by Gasteiger charge is 2.26. The number of rotatable bonds is 7. The monoisotopic (exact) mass is 383 g/mol. The summed E-state index contributed by atoms with van der Waals surface area (Å²) in [5.41, 5.74) is 15.7. The summed E-state index contributed by atoms with van der Waals surface area (Å²) in [5.74, 6) is 0.519. The minimum absolute atomic E-state index is 0.0954. The second kappa shape index (κ2) is 8.08. The maximum Gasteiger partial charge on any atom is 0.269 e. The Morgan fingerprint density at radius 1 is 1.14 bits per heavy atom. The van der Waals surface area contributed by atoms with Crippen molar-refractivity contribution < 1.29 is 14.3 Å². The number of anilines is 1. The number of amides is 1. The molecule has 1 aromatic heterocycles. The molecule has 6 N–H and O–H groups in total. The van der Waals surface area contributed by atoms with Crippen LogP contribution in [0.2, 0.25) is 0 Å². The standard InChI is InChI=1S/C20H25N5O3/c1-23-18(17(22)19(26)24-11-7-8-11)14-6-4-5-12(16(14)21)13-9-10-15(27-2)25-20(13)28-3/h4-6,9-11,23H,7-8,21-22H2,1-3H3,(H,24,26)/b18-17+. The predicted molar refractivity (Wildman–Crippen MR) is 109 cm³/mol. The summed E-state index contributed by atoms with van der Waals surface area (Å²) in [6, 6.07) is 9.28. The lowest BCUT2D eigenvalue weighted by Crippen LogP contribution is -2.32. The molecule has 1 saturated carbocycles. The zero-order valence-electron chi connectivity index (χ0n) is 16.2. The first-order valence-electron chi connectivity index (χ1n) is 8.96. The first kappa shape index (κ1) is 19.3. The highest BCUT2D eigenvalue weighted by Crippen LogP contribution is 2.37. The van der Waals surface area contributed by atoms with Crippen molar-refractivity contribution in [1.82, 2.24) is 15.6 Å². The number of pyridine rings is 1. The zero-order chi connectivity index (χ0) is 20.3. The number of carbonyl (C=O) groups is 1. The van der Waals surface area contributed by atoms with Gasteiger partial charge in [0.05, 0.1) is 19.9 Å². The van der Waals surface area contributed by atoms with Crippen LogP contribution < -0.4 is 31.6 Å². The van der Waals surface area contributed by atoms with E-state index in [2.05, 4.69) is 15.6 Å². The van der Waals surface area contributed by atoms with Crippen LogP contribution in [0.25, 0.3) is 16.8 Å². The molecule has 0 bridgehead atoms. The molecule has 1 fully saturated rings. The van der Waals surface area contributed by atoms with Crippen LogP contribution in [0.4, 0.5) is 5.69 Å². The van der Waals surface area contributed by atoms with Gasteiger partial charge in [-0.2, -0.15) is 4.98 Å². The van der Waals surface area contributed by atoms with Crippen molar-refractivity contribution in [1.29, 1.82) is 0 Å². The lowest BCUT2D eigenvalue weighted by molar-refractivity contribution is -0.117. The molecule has 0 saturated heterocycles. The van der Waals surface area contributed by atoms with Crippen molar-refractivity contribution in [2.45, 2.75) is 18.9 Å². The van der Waals surface area contributed by atoms with Crippen molar-refractivity contribution in [2.24, 2.45) is 5.73 Å². The Balaban J connectivity index is 2.06. The van der Waals surface area contributed by atoms with Crippen LogP contribution in [-0.2, 0) is 4.79 Å². The van der Waals surface area contributed by atoms with Crippen LogP contribution in [0.15, 0.2) is 36.0 Å². The Morgan fingerprint density at radius 2 is 1.89 bits per heavy atom. The Labute approximate surface area is 163 Å². The number of para-hydroxylation sites is 1. The molecule has 0 spiro atoms. The highest BCUT2D eigenvalue weighted by atomic mass is 16.5. The fourth-order valence-electron chi connectivity index (χ4n) is 2.93. The van der Waals surface area contributed by atoms with Gasteiger partial charge in [0.2, 0.25) is 11.8 Å². The number of nitrogens with two attached hydrogens (primary N) is 2. The summed E-state index contributed by atoms with van der Waals surface area (Å²) in [6.45, 7) is 0. The number of hydrogen-bond donors (Lipinski definition) is 4. The van der Waals surface area contributed by atoms with E-state index in [1.165, 1.54) is 14.2 Å². The van der Waals surface area contributed by atoms with Crippen molar-refractivity contribution in [2.75, 3.05) is 27.0 Å². The molecule has 1 heterocycles. The van der Waals surface area contributed by atoms with E-state index in [-0.39, 0.29) is 17.6 Å². The molecule has 1 aliphatic rings. The third kappa shape index (κ3) is 3.80. The Kier molecular flexibility index (Phi) is 5.58. The van der Waals surface area contributed by atoms with Crippen LogP contribution in [0.5, 0.6) is 11.8 Å². The molecule has 28 heavy (non-hydrogen) atoms. The van der Waals surface area contributed by atoms with E-state index in [4.69, 9.17) is 20.9 Å². The topological polar surface area (TPSA) is 125 Å². The van der Waals surface area contributed by atoms with Gasteiger partial charge in [0.25, 0.3) is 5.91 Å². The average molecular weight is 383 g/mol. The van der Waals surface area contributed by atoms with Crippen LogP contribution in [0, 0.1) is 0 Å². The zero-order valence-corrected chi connectivity index (χ0v) is 16.2. The van der Waals surface area contributed by atoms with Crippen LogP contribution >= 0.6 is 0 Å². The number of carbonyl (C=O) groups excluding carboxylic acids is 1. The van der Waals surface area contributed by atoms with Gasteiger partial charge in [-0.3, -0.25) is 4.79 Å². The number of benzene rings is 1. The van der Waals surface area contributed by atoms with Crippen molar-refractivity contribution in [3.63, 3.8) is 0 Å². The molecular weight excluding hydrogens is 358 g/mol. The summed E-state index contributed by atoms with van der Waals surface area (Å²) < 4.78 is 10.5. The molecule has 8 nitrogen and oxygen atoms in total. The van der Waals surface area contributed by atoms with E-state index in [0.29, 0.717) is 39.8 Å². The first-order valence-corrected chi connectivity index (χ1v) is 8.96. The number of nitrogens with zero attached hydrogens (tertiary/aromatic N) is 1. The van der Waals surface area contributed by atoms with Gasteiger partial charge in [-0.05, 0) is 18.9 Å². The van der Waals surface area contributed by atoms with Gasteiger partial charge in [-0.25, -0.2) is 0 Å². The van der Waals surface area contributed by atoms with Gasteiger partial charge in [0.15, 0.2) is 0 Å². The van der Waals surface area contributed by atoms with Crippen LogP contribution in [-0.4, -0.2) is 38.2 Å². The van der Waals surface area contributed by atoms with Crippen LogP contribution in [0.3, 0.4) is 0 Å². The Hall–Kier alpha value is -3.42. The number of nitrogen functional groups attached to an aromatic ring is 1. The Bertz CT molecular complexity index is 922. The van der Waals surface area contributed by atoms with Gasteiger partial charge < -0.3 is 31.6 Å². The van der Waals surface area contributed by atoms with E-state index in [1.807, 2.05) is 24.3 Å². The first-order chi connectivity index (χ1) is 13.5. The summed E-state index contributed by atoms with van der Waals surface area (Å²) in [4.78, 5) is 16.7. The molecular formula is C20H25N5O3. The molecule has 0 atom stereocenters. The molecule has 0 aliphatic heterocycles. The van der Waals surface area contributed by atoms with E-state index in [9.17, 15) is 4.79 Å². The Morgan fingerprint density at radius 3 is 2.50 bits per heavy atom. The van der Waals surface area contributed by atoms with Crippen molar-refractivity contribution in [3.05, 3.63) is 41.6 Å². The molecule has 2 aromatic rings. The SMILES string of the molecule is CN/C(=C(/N)C(=O)NC1CC1)c1cccc(-c2ccc(OC)nc2OC)c1N.